The van der Waals surface area contributed by atoms with Crippen molar-refractivity contribution in [3.63, 3.8) is 0 Å². The van der Waals surface area contributed by atoms with E-state index in [0.29, 0.717) is 24.0 Å². The zero-order valence-electron chi connectivity index (χ0n) is 24.3. The van der Waals surface area contributed by atoms with Crippen LogP contribution in [0.5, 0.6) is 0 Å². The third-order valence-electron chi connectivity index (χ3n) is 6.69. The minimum absolute atomic E-state index is 0.0231. The molecule has 43 heavy (non-hydrogen) atoms. The van der Waals surface area contributed by atoms with Gasteiger partial charge in [-0.1, -0.05) is 74.4 Å². The number of guanidine groups is 1. The Balaban J connectivity index is 2.22. The Kier molecular flexibility index (Phi) is 14.2. The summed E-state index contributed by atoms with van der Waals surface area (Å²) in [5.41, 5.74) is 18.2. The lowest BCUT2D eigenvalue weighted by Crippen LogP contribution is -2.54. The number of carboxylic acid groups (broad SMARTS) is 1. The molecule has 0 aliphatic carbocycles. The average Bonchev–Trinajstić information content (AvgIpc) is 2.98. The maximum absolute atomic E-state index is 13.6. The summed E-state index contributed by atoms with van der Waals surface area (Å²) in [4.78, 5) is 55.8. The summed E-state index contributed by atoms with van der Waals surface area (Å²) < 4.78 is 0. The maximum Gasteiger partial charge on any atom is 0.326 e. The summed E-state index contributed by atoms with van der Waals surface area (Å²) in [5, 5.41) is 25.2. The minimum atomic E-state index is -1.23. The molecule has 0 fully saturated rings. The molecule has 0 aromatic heterocycles. The first-order chi connectivity index (χ1) is 20.5. The number of aliphatic carboxylic acids is 1. The van der Waals surface area contributed by atoms with E-state index in [0.717, 1.165) is 12.0 Å². The van der Waals surface area contributed by atoms with E-state index < -0.39 is 41.7 Å². The van der Waals surface area contributed by atoms with E-state index in [1.54, 1.807) is 24.3 Å². The summed E-state index contributed by atoms with van der Waals surface area (Å²) in [7, 11) is 0. The number of carbonyl (C=O) groups excluding carboxylic acids is 3. The van der Waals surface area contributed by atoms with Gasteiger partial charge in [0.1, 0.15) is 23.8 Å². The van der Waals surface area contributed by atoms with E-state index in [2.05, 4.69) is 20.9 Å². The van der Waals surface area contributed by atoms with Crippen LogP contribution in [0, 0.1) is 11.3 Å². The van der Waals surface area contributed by atoms with E-state index in [1.165, 1.54) is 0 Å². The van der Waals surface area contributed by atoms with Gasteiger partial charge in [-0.2, -0.15) is 0 Å². The molecule has 0 saturated carbocycles. The number of benzene rings is 2. The molecule has 0 saturated heterocycles. The van der Waals surface area contributed by atoms with Crippen LogP contribution in [0.4, 0.5) is 0 Å². The number of nitrogens with one attached hydrogen (secondary N) is 4. The van der Waals surface area contributed by atoms with Gasteiger partial charge < -0.3 is 38.3 Å². The standard InChI is InChI=1S/C30H42N8O5/c1-2-3-10-23(28(41)38-24(29(42)43)11-7-16-35-30(33)34)37-27(40)22(17-19-12-14-21(15-13-19)25(31)32)26(39)36-18-20-8-5-4-6-9-20/h4-6,8-9,12-15,22-24H,2-3,7,10-11,16-18H2,1H3,(H3,31,32)(H,36,39)(H,37,40)(H,38,41)(H,42,43)(H4,33,34,35)/t22?,23-,24-/m0/s1. The van der Waals surface area contributed by atoms with Crippen LogP contribution in [-0.4, -0.2) is 59.2 Å². The molecule has 0 radical (unpaired) electrons. The smallest absolute Gasteiger partial charge is 0.326 e. The Bertz CT molecular complexity index is 1260. The number of hydrogen-bond donors (Lipinski definition) is 8. The lowest BCUT2D eigenvalue weighted by atomic mass is 9.95. The van der Waals surface area contributed by atoms with Gasteiger partial charge in [-0.3, -0.25) is 24.8 Å². The van der Waals surface area contributed by atoms with Crippen molar-refractivity contribution in [3.8, 4) is 0 Å². The van der Waals surface area contributed by atoms with Crippen molar-refractivity contribution in [1.29, 1.82) is 5.41 Å². The van der Waals surface area contributed by atoms with E-state index in [-0.39, 0.29) is 44.1 Å². The molecule has 0 spiro atoms. The van der Waals surface area contributed by atoms with Gasteiger partial charge in [0.15, 0.2) is 5.96 Å². The lowest BCUT2D eigenvalue weighted by Gasteiger charge is -2.24. The second kappa shape index (κ2) is 17.8. The Morgan fingerprint density at radius 2 is 1.47 bits per heavy atom. The van der Waals surface area contributed by atoms with E-state index >= 15 is 0 Å². The molecule has 0 aliphatic heterocycles. The fraction of sp³-hybridized carbons (Fsp3) is 0.400. The highest BCUT2D eigenvalue weighted by atomic mass is 16.4. The summed E-state index contributed by atoms with van der Waals surface area (Å²) in [6.07, 6.45) is 1.97. The monoisotopic (exact) mass is 594 g/mol. The number of nitrogens with zero attached hydrogens (tertiary/aromatic N) is 1. The van der Waals surface area contributed by atoms with Crippen molar-refractivity contribution < 1.29 is 24.3 Å². The van der Waals surface area contributed by atoms with Gasteiger partial charge in [-0.05, 0) is 36.8 Å². The number of rotatable bonds is 18. The number of nitrogens with two attached hydrogens (primary N) is 3. The molecule has 2 aromatic carbocycles. The predicted octanol–water partition coefficient (Wildman–Crippen LogP) is 0.744. The third-order valence-corrected chi connectivity index (χ3v) is 6.69. The molecule has 13 heteroatoms. The van der Waals surface area contributed by atoms with Crippen LogP contribution in [0.15, 0.2) is 59.6 Å². The van der Waals surface area contributed by atoms with Crippen molar-refractivity contribution in [3.05, 3.63) is 71.3 Å². The van der Waals surface area contributed by atoms with Gasteiger partial charge in [0.05, 0.1) is 0 Å². The maximum atomic E-state index is 13.6. The molecular weight excluding hydrogens is 552 g/mol. The van der Waals surface area contributed by atoms with Crippen LogP contribution in [0.2, 0.25) is 0 Å². The van der Waals surface area contributed by atoms with Crippen LogP contribution >= 0.6 is 0 Å². The average molecular weight is 595 g/mol. The van der Waals surface area contributed by atoms with Crippen molar-refractivity contribution in [1.82, 2.24) is 16.0 Å². The minimum Gasteiger partial charge on any atom is -0.480 e. The Morgan fingerprint density at radius 3 is 2.05 bits per heavy atom. The second-order valence-corrected chi connectivity index (χ2v) is 10.1. The molecule has 1 unspecified atom stereocenters. The van der Waals surface area contributed by atoms with Crippen LogP contribution in [0.25, 0.3) is 0 Å². The summed E-state index contributed by atoms with van der Waals surface area (Å²) in [6, 6.07) is 13.6. The molecule has 2 aromatic rings. The van der Waals surface area contributed by atoms with Crippen LogP contribution in [0.1, 0.15) is 55.7 Å². The van der Waals surface area contributed by atoms with Crippen molar-refractivity contribution in [2.75, 3.05) is 6.54 Å². The van der Waals surface area contributed by atoms with Gasteiger partial charge in [-0.25, -0.2) is 4.79 Å². The number of nitrogen functional groups attached to an aromatic ring is 1. The Hall–Kier alpha value is -4.94. The molecule has 2 rings (SSSR count). The Morgan fingerprint density at radius 1 is 0.837 bits per heavy atom. The molecule has 0 bridgehead atoms. The number of amidine groups is 1. The summed E-state index contributed by atoms with van der Waals surface area (Å²) in [5.74, 6) is -4.51. The number of carboxylic acids is 1. The molecule has 13 nitrogen and oxygen atoms in total. The van der Waals surface area contributed by atoms with Crippen LogP contribution < -0.4 is 33.2 Å². The van der Waals surface area contributed by atoms with Crippen LogP contribution in [-0.2, 0) is 32.1 Å². The highest BCUT2D eigenvalue weighted by Gasteiger charge is 2.32. The molecule has 0 aliphatic rings. The van der Waals surface area contributed by atoms with Gasteiger partial charge in [0.25, 0.3) is 0 Å². The van der Waals surface area contributed by atoms with Gasteiger partial charge in [0.2, 0.25) is 17.7 Å². The van der Waals surface area contributed by atoms with E-state index in [9.17, 15) is 24.3 Å². The number of carbonyl (C=O) groups is 4. The molecule has 3 amide bonds. The first kappa shape index (κ1) is 34.3. The largest absolute Gasteiger partial charge is 0.480 e. The topological polar surface area (TPSA) is 239 Å². The number of amides is 3. The fourth-order valence-electron chi connectivity index (χ4n) is 4.25. The molecule has 0 heterocycles. The van der Waals surface area contributed by atoms with Crippen molar-refractivity contribution >= 4 is 35.5 Å². The molecule has 11 N–H and O–H groups in total. The van der Waals surface area contributed by atoms with Crippen molar-refractivity contribution in [2.24, 2.45) is 28.1 Å². The molecule has 232 valence electrons. The predicted molar refractivity (Wildman–Crippen MR) is 164 cm³/mol. The first-order valence-corrected chi connectivity index (χ1v) is 14.2. The normalized spacial score (nSPS) is 12.7. The first-order valence-electron chi connectivity index (χ1n) is 14.2. The molecule has 3 atom stereocenters. The molecular formula is C30H42N8O5. The van der Waals surface area contributed by atoms with Gasteiger partial charge >= 0.3 is 5.97 Å². The summed E-state index contributed by atoms with van der Waals surface area (Å²) in [6.45, 7) is 2.32. The van der Waals surface area contributed by atoms with Crippen LogP contribution in [0.3, 0.4) is 0 Å². The number of unbranched alkanes of at least 4 members (excludes halogenated alkanes) is 1. The SMILES string of the molecule is CCCC[C@H](NC(=O)C(Cc1ccc(C(=N)N)cc1)C(=O)NCc1ccccc1)C(=O)N[C@@H](CCCN=C(N)N)C(=O)O. The quantitative estimate of drug-likeness (QED) is 0.0529. The highest BCUT2D eigenvalue weighted by Crippen LogP contribution is 2.14. The lowest BCUT2D eigenvalue weighted by molar-refractivity contribution is -0.142. The fourth-order valence-corrected chi connectivity index (χ4v) is 4.25. The van der Waals surface area contributed by atoms with Gasteiger partial charge in [0, 0.05) is 18.7 Å². The third kappa shape index (κ3) is 12.2. The number of hydrogen-bond acceptors (Lipinski definition) is 6. The van der Waals surface area contributed by atoms with E-state index in [1.807, 2.05) is 37.3 Å². The van der Waals surface area contributed by atoms with E-state index in [4.69, 9.17) is 22.6 Å². The van der Waals surface area contributed by atoms with Crippen molar-refractivity contribution in [2.45, 2.75) is 64.1 Å². The highest BCUT2D eigenvalue weighted by molar-refractivity contribution is 6.02. The summed E-state index contributed by atoms with van der Waals surface area (Å²) >= 11 is 0. The number of aliphatic imine (C=N–C) groups is 1. The zero-order valence-corrected chi connectivity index (χ0v) is 24.3. The second-order valence-electron chi connectivity index (χ2n) is 10.1. The van der Waals surface area contributed by atoms with Gasteiger partial charge in [-0.15, -0.1) is 0 Å². The zero-order chi connectivity index (χ0) is 31.8. The Labute approximate surface area is 251 Å².